The molecule has 0 aromatic carbocycles. The molecule has 0 spiro atoms. The molecule has 0 unspecified atom stereocenters. The Labute approximate surface area is 88.7 Å². The van der Waals surface area contributed by atoms with Crippen LogP contribution in [0.25, 0.3) is 0 Å². The number of aromatic nitrogens is 2. The standard InChI is InChI=1S/C9H16N4S/c1-12(2)14-13-9(10)6-8(11-13)5-7-3-4-7/h6-7H,3-5,10H2,1-2H3. The van der Waals surface area contributed by atoms with E-state index < -0.39 is 0 Å². The summed E-state index contributed by atoms with van der Waals surface area (Å²) in [4.78, 5) is 0. The van der Waals surface area contributed by atoms with E-state index in [-0.39, 0.29) is 0 Å². The zero-order valence-corrected chi connectivity index (χ0v) is 9.42. The third kappa shape index (κ3) is 2.42. The molecule has 0 radical (unpaired) electrons. The van der Waals surface area contributed by atoms with Crippen LogP contribution >= 0.6 is 12.1 Å². The van der Waals surface area contributed by atoms with Gasteiger partial charge in [0, 0.05) is 6.07 Å². The van der Waals surface area contributed by atoms with Crippen LogP contribution in [0, 0.1) is 5.92 Å². The molecule has 0 atom stereocenters. The Hall–Kier alpha value is -0.680. The summed E-state index contributed by atoms with van der Waals surface area (Å²) < 4.78 is 3.75. The largest absolute Gasteiger partial charge is 0.383 e. The highest BCUT2D eigenvalue weighted by atomic mass is 32.2. The van der Waals surface area contributed by atoms with E-state index in [1.165, 1.54) is 25.0 Å². The lowest BCUT2D eigenvalue weighted by molar-refractivity contribution is 0.688. The van der Waals surface area contributed by atoms with Gasteiger partial charge in [0.05, 0.1) is 17.8 Å². The first-order valence-corrected chi connectivity index (χ1v) is 5.58. The minimum Gasteiger partial charge on any atom is -0.383 e. The molecule has 0 amide bonds. The fraction of sp³-hybridized carbons (Fsp3) is 0.667. The first kappa shape index (κ1) is 9.86. The number of nitrogens with zero attached hydrogens (tertiary/aromatic N) is 3. The second-order valence-electron chi connectivity index (χ2n) is 3.97. The van der Waals surface area contributed by atoms with Crippen LogP contribution in [-0.4, -0.2) is 27.6 Å². The van der Waals surface area contributed by atoms with Crippen molar-refractivity contribution >= 4 is 18.0 Å². The SMILES string of the molecule is CN(C)Sn1nc(CC2CC2)cc1N. The molecule has 78 valence electrons. The number of hydrogen-bond donors (Lipinski definition) is 1. The molecule has 1 aromatic heterocycles. The molecule has 0 saturated heterocycles. The summed E-state index contributed by atoms with van der Waals surface area (Å²) in [6.45, 7) is 0. The number of nitrogens with two attached hydrogens (primary N) is 1. The Morgan fingerprint density at radius 3 is 2.93 bits per heavy atom. The van der Waals surface area contributed by atoms with Gasteiger partial charge in [-0.1, -0.05) is 0 Å². The van der Waals surface area contributed by atoms with Gasteiger partial charge in [0.15, 0.2) is 0 Å². The van der Waals surface area contributed by atoms with Crippen molar-refractivity contribution in [1.82, 2.24) is 13.5 Å². The first-order valence-electron chi connectivity index (χ1n) is 4.85. The molecule has 2 rings (SSSR count). The first-order chi connectivity index (χ1) is 6.65. The van der Waals surface area contributed by atoms with E-state index in [1.807, 2.05) is 24.5 Å². The molecular weight excluding hydrogens is 196 g/mol. The quantitative estimate of drug-likeness (QED) is 0.766. The summed E-state index contributed by atoms with van der Waals surface area (Å²) in [7, 11) is 3.96. The summed E-state index contributed by atoms with van der Waals surface area (Å²) in [5, 5.41) is 4.44. The van der Waals surface area contributed by atoms with Gasteiger partial charge in [0.2, 0.25) is 0 Å². The number of rotatable bonds is 4. The van der Waals surface area contributed by atoms with Gasteiger partial charge in [0.1, 0.15) is 5.82 Å². The van der Waals surface area contributed by atoms with Crippen LogP contribution in [0.2, 0.25) is 0 Å². The molecule has 0 bridgehead atoms. The minimum atomic E-state index is 0.736. The average molecular weight is 212 g/mol. The van der Waals surface area contributed by atoms with Crippen LogP contribution in [0.15, 0.2) is 6.07 Å². The van der Waals surface area contributed by atoms with E-state index in [0.717, 1.165) is 23.9 Å². The van der Waals surface area contributed by atoms with Crippen LogP contribution in [0.5, 0.6) is 0 Å². The maximum absolute atomic E-state index is 5.84. The van der Waals surface area contributed by atoms with Gasteiger partial charge in [-0.2, -0.15) is 9.19 Å². The second kappa shape index (κ2) is 3.82. The molecule has 4 nitrogen and oxygen atoms in total. The Morgan fingerprint density at radius 2 is 2.36 bits per heavy atom. The van der Waals surface area contributed by atoms with Crippen LogP contribution < -0.4 is 5.73 Å². The molecule has 0 aliphatic heterocycles. The smallest absolute Gasteiger partial charge is 0.135 e. The van der Waals surface area contributed by atoms with Crippen molar-refractivity contribution in [3.63, 3.8) is 0 Å². The monoisotopic (exact) mass is 212 g/mol. The number of anilines is 1. The third-order valence-corrected chi connectivity index (χ3v) is 2.96. The van der Waals surface area contributed by atoms with Crippen LogP contribution in [0.4, 0.5) is 5.82 Å². The number of nitrogen functional groups attached to an aromatic ring is 1. The molecule has 1 saturated carbocycles. The van der Waals surface area contributed by atoms with Crippen molar-refractivity contribution in [3.05, 3.63) is 11.8 Å². The van der Waals surface area contributed by atoms with E-state index in [0.29, 0.717) is 0 Å². The second-order valence-corrected chi connectivity index (χ2v) is 5.21. The predicted octanol–water partition coefficient (Wildman–Crippen LogP) is 1.39. The molecule has 14 heavy (non-hydrogen) atoms. The topological polar surface area (TPSA) is 47.1 Å². The molecule has 1 heterocycles. The normalized spacial score (nSPS) is 16.5. The Bertz CT molecular complexity index is 317. The lowest BCUT2D eigenvalue weighted by atomic mass is 10.2. The molecule has 1 aromatic rings. The lowest BCUT2D eigenvalue weighted by Crippen LogP contribution is -2.07. The van der Waals surface area contributed by atoms with Crippen molar-refractivity contribution in [1.29, 1.82) is 0 Å². The highest BCUT2D eigenvalue weighted by Crippen LogP contribution is 2.32. The Balaban J connectivity index is 2.03. The van der Waals surface area contributed by atoms with Gasteiger partial charge in [-0.3, -0.25) is 0 Å². The van der Waals surface area contributed by atoms with Gasteiger partial charge in [0.25, 0.3) is 0 Å². The number of hydrogen-bond acceptors (Lipinski definition) is 4. The van der Waals surface area contributed by atoms with Gasteiger partial charge in [-0.05, 0) is 39.3 Å². The van der Waals surface area contributed by atoms with Crippen molar-refractivity contribution in [2.24, 2.45) is 5.92 Å². The molecule has 1 fully saturated rings. The van der Waals surface area contributed by atoms with E-state index in [4.69, 9.17) is 5.73 Å². The van der Waals surface area contributed by atoms with E-state index in [9.17, 15) is 0 Å². The highest BCUT2D eigenvalue weighted by Gasteiger charge is 2.23. The maximum atomic E-state index is 5.84. The van der Waals surface area contributed by atoms with E-state index in [1.54, 1.807) is 4.09 Å². The van der Waals surface area contributed by atoms with Gasteiger partial charge in [-0.15, -0.1) is 0 Å². The summed E-state index contributed by atoms with van der Waals surface area (Å²) in [6, 6.07) is 1.98. The highest BCUT2D eigenvalue weighted by molar-refractivity contribution is 7.95. The fourth-order valence-electron chi connectivity index (χ4n) is 1.37. The molecular formula is C9H16N4S. The van der Waals surface area contributed by atoms with Crippen molar-refractivity contribution in [2.75, 3.05) is 19.8 Å². The Kier molecular flexibility index (Phi) is 2.69. The lowest BCUT2D eigenvalue weighted by Gasteiger charge is -2.07. The summed E-state index contributed by atoms with van der Waals surface area (Å²) in [6.07, 6.45) is 3.80. The molecule has 2 N–H and O–H groups in total. The van der Waals surface area contributed by atoms with E-state index in [2.05, 4.69) is 5.10 Å². The zero-order valence-electron chi connectivity index (χ0n) is 8.60. The minimum absolute atomic E-state index is 0.736. The summed E-state index contributed by atoms with van der Waals surface area (Å²) in [5.74, 6) is 1.60. The average Bonchev–Trinajstić information content (AvgIpc) is 2.79. The third-order valence-electron chi connectivity index (χ3n) is 2.19. The Morgan fingerprint density at radius 1 is 1.64 bits per heavy atom. The zero-order chi connectivity index (χ0) is 10.1. The van der Waals surface area contributed by atoms with Gasteiger partial charge >= 0.3 is 0 Å². The fourth-order valence-corrected chi connectivity index (χ4v) is 1.96. The summed E-state index contributed by atoms with van der Waals surface area (Å²) >= 11 is 1.51. The van der Waals surface area contributed by atoms with Crippen LogP contribution in [0.1, 0.15) is 18.5 Å². The van der Waals surface area contributed by atoms with Crippen molar-refractivity contribution < 1.29 is 0 Å². The van der Waals surface area contributed by atoms with E-state index >= 15 is 0 Å². The predicted molar refractivity (Wildman–Crippen MR) is 59.7 cm³/mol. The van der Waals surface area contributed by atoms with Crippen molar-refractivity contribution in [3.8, 4) is 0 Å². The molecule has 1 aliphatic rings. The van der Waals surface area contributed by atoms with Crippen LogP contribution in [0.3, 0.4) is 0 Å². The summed E-state index contributed by atoms with van der Waals surface area (Å²) in [5.41, 5.74) is 6.96. The maximum Gasteiger partial charge on any atom is 0.135 e. The van der Waals surface area contributed by atoms with Crippen molar-refractivity contribution in [2.45, 2.75) is 19.3 Å². The molecule has 1 aliphatic carbocycles. The molecule has 5 heteroatoms. The van der Waals surface area contributed by atoms with Crippen LogP contribution in [-0.2, 0) is 6.42 Å². The van der Waals surface area contributed by atoms with Gasteiger partial charge < -0.3 is 5.73 Å². The van der Waals surface area contributed by atoms with Gasteiger partial charge in [-0.25, -0.2) is 4.31 Å².